The standard InChI is InChI=1S/C14H23N3O3/c1-6-11(5)17(8-13(18)19)14-15-10(4)7-12(16-14)20-9(2)3/h7,9,11H,6,8H2,1-5H3,(H,18,19). The summed E-state index contributed by atoms with van der Waals surface area (Å²) < 4.78 is 5.58. The molecular weight excluding hydrogens is 258 g/mol. The van der Waals surface area contributed by atoms with Crippen molar-refractivity contribution in [2.24, 2.45) is 0 Å². The van der Waals surface area contributed by atoms with E-state index in [2.05, 4.69) is 9.97 Å². The minimum absolute atomic E-state index is 0.00803. The highest BCUT2D eigenvalue weighted by Crippen LogP contribution is 2.19. The average molecular weight is 281 g/mol. The van der Waals surface area contributed by atoms with Gasteiger partial charge in [0.15, 0.2) is 0 Å². The number of carboxylic acids is 1. The number of hydrogen-bond acceptors (Lipinski definition) is 5. The molecule has 0 fully saturated rings. The Morgan fingerprint density at radius 3 is 2.55 bits per heavy atom. The van der Waals surface area contributed by atoms with Crippen LogP contribution in [-0.4, -0.2) is 39.7 Å². The molecule has 1 rings (SSSR count). The SMILES string of the molecule is CCC(C)N(CC(=O)O)c1nc(C)cc(OC(C)C)n1. The van der Waals surface area contributed by atoms with Gasteiger partial charge in [0.2, 0.25) is 11.8 Å². The van der Waals surface area contributed by atoms with Crippen molar-refractivity contribution < 1.29 is 14.6 Å². The van der Waals surface area contributed by atoms with E-state index in [0.29, 0.717) is 11.8 Å². The number of ether oxygens (including phenoxy) is 1. The molecule has 1 heterocycles. The molecule has 6 heteroatoms. The zero-order valence-corrected chi connectivity index (χ0v) is 12.8. The molecule has 0 aliphatic heterocycles. The highest BCUT2D eigenvalue weighted by Gasteiger charge is 2.20. The fourth-order valence-electron chi connectivity index (χ4n) is 1.74. The Bertz CT molecular complexity index is 463. The summed E-state index contributed by atoms with van der Waals surface area (Å²) in [5, 5.41) is 9.05. The number of carboxylic acid groups (broad SMARTS) is 1. The van der Waals surface area contributed by atoms with Gasteiger partial charge in [-0.2, -0.15) is 4.98 Å². The number of aromatic nitrogens is 2. The van der Waals surface area contributed by atoms with Gasteiger partial charge < -0.3 is 14.7 Å². The zero-order valence-electron chi connectivity index (χ0n) is 12.8. The highest BCUT2D eigenvalue weighted by atomic mass is 16.5. The molecule has 0 aromatic carbocycles. The van der Waals surface area contributed by atoms with Crippen LogP contribution in [0, 0.1) is 6.92 Å². The molecule has 1 N–H and O–H groups in total. The minimum atomic E-state index is -0.901. The van der Waals surface area contributed by atoms with Gasteiger partial charge in [-0.25, -0.2) is 4.98 Å². The third-order valence-corrected chi connectivity index (χ3v) is 2.86. The summed E-state index contributed by atoms with van der Waals surface area (Å²) in [5.74, 6) is -0.0275. The summed E-state index contributed by atoms with van der Waals surface area (Å²) in [6, 6.07) is 1.79. The van der Waals surface area contributed by atoms with Crippen molar-refractivity contribution in [3.8, 4) is 5.88 Å². The molecule has 1 aromatic rings. The summed E-state index contributed by atoms with van der Waals surface area (Å²) in [4.78, 5) is 21.4. The Morgan fingerprint density at radius 1 is 1.40 bits per heavy atom. The molecule has 0 amide bonds. The van der Waals surface area contributed by atoms with Crippen LogP contribution in [-0.2, 0) is 4.79 Å². The van der Waals surface area contributed by atoms with E-state index in [0.717, 1.165) is 12.1 Å². The van der Waals surface area contributed by atoms with Gasteiger partial charge in [-0.05, 0) is 34.1 Å². The average Bonchev–Trinajstić information content (AvgIpc) is 2.33. The summed E-state index contributed by atoms with van der Waals surface area (Å²) in [6.45, 7) is 9.51. The Labute approximate surface area is 119 Å². The number of aliphatic carboxylic acids is 1. The zero-order chi connectivity index (χ0) is 15.3. The third-order valence-electron chi connectivity index (χ3n) is 2.86. The first-order chi connectivity index (χ1) is 9.33. The Kier molecular flexibility index (Phi) is 5.73. The lowest BCUT2D eigenvalue weighted by Gasteiger charge is -2.27. The van der Waals surface area contributed by atoms with E-state index in [-0.39, 0.29) is 18.7 Å². The maximum Gasteiger partial charge on any atom is 0.323 e. The van der Waals surface area contributed by atoms with Crippen LogP contribution in [0.4, 0.5) is 5.95 Å². The van der Waals surface area contributed by atoms with Crippen molar-refractivity contribution in [1.29, 1.82) is 0 Å². The molecule has 0 spiro atoms. The predicted octanol–water partition coefficient (Wildman–Crippen LogP) is 2.26. The number of hydrogen-bond donors (Lipinski definition) is 1. The minimum Gasteiger partial charge on any atom is -0.480 e. The van der Waals surface area contributed by atoms with Crippen LogP contribution < -0.4 is 9.64 Å². The quantitative estimate of drug-likeness (QED) is 0.826. The number of aryl methyl sites for hydroxylation is 1. The second-order valence-electron chi connectivity index (χ2n) is 5.09. The van der Waals surface area contributed by atoms with Gasteiger partial charge in [-0.3, -0.25) is 4.79 Å². The van der Waals surface area contributed by atoms with Crippen molar-refractivity contribution in [2.75, 3.05) is 11.4 Å². The van der Waals surface area contributed by atoms with Crippen LogP contribution >= 0.6 is 0 Å². The second-order valence-corrected chi connectivity index (χ2v) is 5.09. The smallest absolute Gasteiger partial charge is 0.323 e. The van der Waals surface area contributed by atoms with Crippen LogP contribution in [0.3, 0.4) is 0 Å². The fraction of sp³-hybridized carbons (Fsp3) is 0.643. The van der Waals surface area contributed by atoms with E-state index >= 15 is 0 Å². The molecule has 0 saturated heterocycles. The summed E-state index contributed by atoms with van der Waals surface area (Å²) >= 11 is 0. The number of carbonyl (C=O) groups is 1. The van der Waals surface area contributed by atoms with E-state index in [4.69, 9.17) is 9.84 Å². The maximum atomic E-state index is 11.0. The highest BCUT2D eigenvalue weighted by molar-refractivity contribution is 5.72. The lowest BCUT2D eigenvalue weighted by atomic mass is 10.2. The van der Waals surface area contributed by atoms with E-state index in [1.165, 1.54) is 0 Å². The predicted molar refractivity (Wildman–Crippen MR) is 77.3 cm³/mol. The molecule has 0 aliphatic rings. The normalized spacial score (nSPS) is 12.3. The number of anilines is 1. The molecule has 112 valence electrons. The molecule has 0 saturated carbocycles. The van der Waals surface area contributed by atoms with Gasteiger partial charge in [-0.1, -0.05) is 6.92 Å². The van der Waals surface area contributed by atoms with E-state index < -0.39 is 5.97 Å². The van der Waals surface area contributed by atoms with E-state index in [9.17, 15) is 4.79 Å². The molecule has 0 bridgehead atoms. The molecule has 0 aliphatic carbocycles. The first-order valence-corrected chi connectivity index (χ1v) is 6.84. The van der Waals surface area contributed by atoms with E-state index in [1.807, 2.05) is 34.6 Å². The van der Waals surface area contributed by atoms with Gasteiger partial charge in [0.05, 0.1) is 6.10 Å². The molecule has 20 heavy (non-hydrogen) atoms. The van der Waals surface area contributed by atoms with Crippen LogP contribution in [0.1, 0.15) is 39.8 Å². The molecule has 1 atom stereocenters. The first kappa shape index (κ1) is 16.2. The lowest BCUT2D eigenvalue weighted by molar-refractivity contribution is -0.135. The van der Waals surface area contributed by atoms with Gasteiger partial charge in [0, 0.05) is 17.8 Å². The third kappa shape index (κ3) is 4.68. The molecule has 6 nitrogen and oxygen atoms in total. The maximum absolute atomic E-state index is 11.0. The Balaban J connectivity index is 3.11. The van der Waals surface area contributed by atoms with Crippen LogP contribution in [0.15, 0.2) is 6.07 Å². The molecule has 1 aromatic heterocycles. The van der Waals surface area contributed by atoms with Crippen LogP contribution in [0.2, 0.25) is 0 Å². The Morgan fingerprint density at radius 2 is 2.05 bits per heavy atom. The fourth-order valence-corrected chi connectivity index (χ4v) is 1.74. The van der Waals surface area contributed by atoms with E-state index in [1.54, 1.807) is 11.0 Å². The van der Waals surface area contributed by atoms with Crippen molar-refractivity contribution in [3.63, 3.8) is 0 Å². The summed E-state index contributed by atoms with van der Waals surface area (Å²) in [5.41, 5.74) is 0.754. The van der Waals surface area contributed by atoms with Crippen molar-refractivity contribution in [1.82, 2.24) is 9.97 Å². The van der Waals surface area contributed by atoms with Gasteiger partial charge in [0.25, 0.3) is 0 Å². The van der Waals surface area contributed by atoms with Crippen molar-refractivity contribution in [2.45, 2.75) is 53.2 Å². The monoisotopic (exact) mass is 281 g/mol. The van der Waals surface area contributed by atoms with Gasteiger partial charge in [-0.15, -0.1) is 0 Å². The number of nitrogens with zero attached hydrogens (tertiary/aromatic N) is 3. The van der Waals surface area contributed by atoms with Crippen LogP contribution in [0.25, 0.3) is 0 Å². The van der Waals surface area contributed by atoms with Crippen molar-refractivity contribution in [3.05, 3.63) is 11.8 Å². The van der Waals surface area contributed by atoms with Crippen molar-refractivity contribution >= 4 is 11.9 Å². The van der Waals surface area contributed by atoms with Gasteiger partial charge in [0.1, 0.15) is 6.54 Å². The molecular formula is C14H23N3O3. The molecule has 1 unspecified atom stereocenters. The second kappa shape index (κ2) is 7.07. The topological polar surface area (TPSA) is 75.6 Å². The van der Waals surface area contributed by atoms with Gasteiger partial charge >= 0.3 is 5.97 Å². The first-order valence-electron chi connectivity index (χ1n) is 6.84. The Hall–Kier alpha value is -1.85. The molecule has 0 radical (unpaired) electrons. The summed E-state index contributed by atoms with van der Waals surface area (Å²) in [7, 11) is 0. The summed E-state index contributed by atoms with van der Waals surface area (Å²) in [6.07, 6.45) is 0.818. The largest absolute Gasteiger partial charge is 0.480 e. The lowest BCUT2D eigenvalue weighted by Crippen LogP contribution is -2.38. The van der Waals surface area contributed by atoms with Crippen LogP contribution in [0.5, 0.6) is 5.88 Å². The number of rotatable bonds is 7.